The van der Waals surface area contributed by atoms with E-state index in [1.807, 2.05) is 4.90 Å². The van der Waals surface area contributed by atoms with Gasteiger partial charge in [-0.15, -0.1) is 10.2 Å². The maximum absolute atomic E-state index is 11.4. The summed E-state index contributed by atoms with van der Waals surface area (Å²) in [7, 11) is 0. The number of hydrogen-bond donors (Lipinski definition) is 2. The molecule has 0 unspecified atom stereocenters. The van der Waals surface area contributed by atoms with E-state index < -0.39 is 5.97 Å². The van der Waals surface area contributed by atoms with E-state index in [-0.39, 0.29) is 11.5 Å². The molecule has 0 aromatic carbocycles. The Balaban J connectivity index is 2.08. The van der Waals surface area contributed by atoms with Gasteiger partial charge in [0.05, 0.1) is 5.92 Å². The summed E-state index contributed by atoms with van der Waals surface area (Å²) < 4.78 is 0. The molecule has 0 saturated carbocycles. The van der Waals surface area contributed by atoms with Gasteiger partial charge < -0.3 is 10.0 Å². The molecule has 0 aliphatic carbocycles. The Morgan fingerprint density at radius 2 is 2.06 bits per heavy atom. The van der Waals surface area contributed by atoms with Crippen LogP contribution in [0.5, 0.6) is 0 Å². The minimum absolute atomic E-state index is 0.254. The molecule has 2 rings (SSSR count). The third-order valence-electron chi connectivity index (χ3n) is 2.99. The fraction of sp³-hybridized carbons (Fsp3) is 0.600. The molecule has 7 heteroatoms. The molecule has 2 N–H and O–H groups in total. The standard InChI is InChI=1S/C10H14N4O3/c1-6-8(15)11-10(13-12-6)14-4-2-7(3-5-14)9(16)17/h7H,2-5H2,1H3,(H,16,17)(H,11,13,15). The van der Waals surface area contributed by atoms with Crippen molar-refractivity contribution in [1.82, 2.24) is 15.2 Å². The van der Waals surface area contributed by atoms with Crippen LogP contribution in [0.2, 0.25) is 0 Å². The van der Waals surface area contributed by atoms with Crippen molar-refractivity contribution in [1.29, 1.82) is 0 Å². The second kappa shape index (κ2) is 4.52. The molecule has 1 aromatic heterocycles. The van der Waals surface area contributed by atoms with Crippen molar-refractivity contribution in [3.05, 3.63) is 16.0 Å². The van der Waals surface area contributed by atoms with Gasteiger partial charge in [-0.05, 0) is 19.8 Å². The van der Waals surface area contributed by atoms with Gasteiger partial charge in [-0.2, -0.15) is 0 Å². The van der Waals surface area contributed by atoms with E-state index in [2.05, 4.69) is 15.2 Å². The molecule has 0 atom stereocenters. The highest BCUT2D eigenvalue weighted by Gasteiger charge is 2.25. The van der Waals surface area contributed by atoms with E-state index in [9.17, 15) is 9.59 Å². The van der Waals surface area contributed by atoms with Gasteiger partial charge in [0.15, 0.2) is 0 Å². The number of carbonyl (C=O) groups is 1. The van der Waals surface area contributed by atoms with Crippen LogP contribution in [0.15, 0.2) is 4.79 Å². The second-order valence-corrected chi connectivity index (χ2v) is 4.16. The molecule has 0 amide bonds. The number of anilines is 1. The molecule has 0 radical (unpaired) electrons. The van der Waals surface area contributed by atoms with E-state index in [4.69, 9.17) is 5.11 Å². The number of carboxylic acid groups (broad SMARTS) is 1. The predicted molar refractivity (Wildman–Crippen MR) is 60.0 cm³/mol. The predicted octanol–water partition coefficient (Wildman–Crippen LogP) is -0.226. The van der Waals surface area contributed by atoms with Crippen molar-refractivity contribution in [2.45, 2.75) is 19.8 Å². The smallest absolute Gasteiger partial charge is 0.306 e. The largest absolute Gasteiger partial charge is 0.481 e. The van der Waals surface area contributed by atoms with Crippen LogP contribution in [-0.4, -0.2) is 39.3 Å². The molecule has 1 fully saturated rings. The summed E-state index contributed by atoms with van der Waals surface area (Å²) in [5.41, 5.74) is 0.0736. The minimum Gasteiger partial charge on any atom is -0.481 e. The van der Waals surface area contributed by atoms with E-state index in [0.717, 1.165) is 0 Å². The van der Waals surface area contributed by atoms with Crippen LogP contribution in [0.1, 0.15) is 18.5 Å². The Morgan fingerprint density at radius 1 is 1.41 bits per heavy atom. The van der Waals surface area contributed by atoms with Gasteiger partial charge in [-0.25, -0.2) is 0 Å². The molecule has 17 heavy (non-hydrogen) atoms. The third-order valence-corrected chi connectivity index (χ3v) is 2.99. The summed E-state index contributed by atoms with van der Waals surface area (Å²) in [5, 5.41) is 16.5. The summed E-state index contributed by atoms with van der Waals surface area (Å²) in [4.78, 5) is 26.7. The lowest BCUT2D eigenvalue weighted by atomic mass is 9.97. The SMILES string of the molecule is Cc1nnc(N2CCC(C(=O)O)CC2)[nH]c1=O. The summed E-state index contributed by atoms with van der Waals surface area (Å²) in [6.07, 6.45) is 1.12. The highest BCUT2D eigenvalue weighted by molar-refractivity contribution is 5.70. The first-order chi connectivity index (χ1) is 8.08. The number of nitrogens with one attached hydrogen (secondary N) is 1. The molecular weight excluding hydrogens is 224 g/mol. The van der Waals surface area contributed by atoms with Gasteiger partial charge in [-0.3, -0.25) is 14.6 Å². The van der Waals surface area contributed by atoms with Gasteiger partial charge in [0.2, 0.25) is 5.95 Å². The molecule has 0 spiro atoms. The zero-order chi connectivity index (χ0) is 12.4. The lowest BCUT2D eigenvalue weighted by Gasteiger charge is -2.29. The second-order valence-electron chi connectivity index (χ2n) is 4.16. The van der Waals surface area contributed by atoms with Gasteiger partial charge in [0.25, 0.3) is 5.56 Å². The quantitative estimate of drug-likeness (QED) is 0.738. The molecule has 1 aliphatic rings. The highest BCUT2D eigenvalue weighted by atomic mass is 16.4. The number of aliphatic carboxylic acids is 1. The molecule has 92 valence electrons. The van der Waals surface area contributed by atoms with Crippen LogP contribution in [0, 0.1) is 12.8 Å². The number of aryl methyl sites for hydroxylation is 1. The third kappa shape index (κ3) is 2.43. The molecule has 7 nitrogen and oxygen atoms in total. The van der Waals surface area contributed by atoms with E-state index in [1.54, 1.807) is 6.92 Å². The van der Waals surface area contributed by atoms with Crippen molar-refractivity contribution < 1.29 is 9.90 Å². The first-order valence-corrected chi connectivity index (χ1v) is 5.49. The number of carboxylic acids is 1. The number of aromatic nitrogens is 3. The first-order valence-electron chi connectivity index (χ1n) is 5.49. The summed E-state index contributed by atoms with van der Waals surface area (Å²) in [5.74, 6) is -0.631. The van der Waals surface area contributed by atoms with Crippen LogP contribution >= 0.6 is 0 Å². The average molecular weight is 238 g/mol. The Morgan fingerprint density at radius 3 is 2.59 bits per heavy atom. The van der Waals surface area contributed by atoms with E-state index >= 15 is 0 Å². The maximum Gasteiger partial charge on any atom is 0.306 e. The normalized spacial score (nSPS) is 17.1. The Labute approximate surface area is 97.5 Å². The van der Waals surface area contributed by atoms with Crippen LogP contribution in [-0.2, 0) is 4.79 Å². The van der Waals surface area contributed by atoms with Crippen LogP contribution in [0.25, 0.3) is 0 Å². The Kier molecular flexibility index (Phi) is 3.08. The van der Waals surface area contributed by atoms with Crippen LogP contribution in [0.3, 0.4) is 0 Å². The van der Waals surface area contributed by atoms with Gasteiger partial charge in [0, 0.05) is 13.1 Å². The summed E-state index contributed by atoms with van der Waals surface area (Å²) >= 11 is 0. The van der Waals surface area contributed by atoms with Crippen LogP contribution in [0.4, 0.5) is 5.95 Å². The fourth-order valence-corrected chi connectivity index (χ4v) is 1.87. The molecule has 1 aromatic rings. The van der Waals surface area contributed by atoms with Crippen molar-refractivity contribution >= 4 is 11.9 Å². The number of H-pyrrole nitrogens is 1. The Hall–Kier alpha value is -1.92. The van der Waals surface area contributed by atoms with Crippen LogP contribution < -0.4 is 10.5 Å². The highest BCUT2D eigenvalue weighted by Crippen LogP contribution is 2.19. The minimum atomic E-state index is -0.756. The maximum atomic E-state index is 11.4. The number of aromatic amines is 1. The number of hydrogen-bond acceptors (Lipinski definition) is 5. The number of piperidine rings is 1. The van der Waals surface area contributed by atoms with Gasteiger partial charge in [0.1, 0.15) is 5.69 Å². The molecular formula is C10H14N4O3. The van der Waals surface area contributed by atoms with Crippen molar-refractivity contribution in [3.63, 3.8) is 0 Å². The monoisotopic (exact) mass is 238 g/mol. The van der Waals surface area contributed by atoms with E-state index in [0.29, 0.717) is 37.6 Å². The zero-order valence-corrected chi connectivity index (χ0v) is 9.51. The topological polar surface area (TPSA) is 99.2 Å². The number of rotatable bonds is 2. The van der Waals surface area contributed by atoms with Gasteiger partial charge in [-0.1, -0.05) is 0 Å². The molecule has 1 saturated heterocycles. The molecule has 2 heterocycles. The van der Waals surface area contributed by atoms with E-state index in [1.165, 1.54) is 0 Å². The molecule has 0 bridgehead atoms. The number of nitrogens with zero attached hydrogens (tertiary/aromatic N) is 3. The average Bonchev–Trinajstić information content (AvgIpc) is 2.33. The summed E-state index contributed by atoms with van der Waals surface area (Å²) in [6.45, 7) is 2.74. The lowest BCUT2D eigenvalue weighted by Crippen LogP contribution is -2.38. The lowest BCUT2D eigenvalue weighted by molar-refractivity contribution is -0.142. The zero-order valence-electron chi connectivity index (χ0n) is 9.51. The summed E-state index contributed by atoms with van der Waals surface area (Å²) in [6, 6.07) is 0. The van der Waals surface area contributed by atoms with Crippen molar-refractivity contribution in [3.8, 4) is 0 Å². The van der Waals surface area contributed by atoms with Gasteiger partial charge >= 0.3 is 5.97 Å². The Bertz CT molecular complexity index is 477. The van der Waals surface area contributed by atoms with Crippen molar-refractivity contribution in [2.75, 3.05) is 18.0 Å². The fourth-order valence-electron chi connectivity index (χ4n) is 1.87. The van der Waals surface area contributed by atoms with Crippen molar-refractivity contribution in [2.24, 2.45) is 5.92 Å². The molecule has 1 aliphatic heterocycles. The first kappa shape index (κ1) is 11.6.